The van der Waals surface area contributed by atoms with Gasteiger partial charge in [-0.25, -0.2) is 8.42 Å². The third-order valence-corrected chi connectivity index (χ3v) is 7.81. The molecule has 0 spiro atoms. The van der Waals surface area contributed by atoms with Gasteiger partial charge in [0.1, 0.15) is 11.8 Å². The molecular weight excluding hydrogens is 478 g/mol. The van der Waals surface area contributed by atoms with E-state index in [9.17, 15) is 18.0 Å². The van der Waals surface area contributed by atoms with Gasteiger partial charge in [0.15, 0.2) is 0 Å². The van der Waals surface area contributed by atoms with Crippen LogP contribution in [0.15, 0.2) is 71.6 Å². The third-order valence-electron chi connectivity index (χ3n) is 6.01. The van der Waals surface area contributed by atoms with Gasteiger partial charge in [-0.05, 0) is 53.9 Å². The summed E-state index contributed by atoms with van der Waals surface area (Å²) in [5, 5.41) is 4.49. The summed E-state index contributed by atoms with van der Waals surface area (Å²) in [5.41, 5.74) is 0.769. The summed E-state index contributed by atoms with van der Waals surface area (Å²) in [7, 11) is -1.01. The van der Waals surface area contributed by atoms with E-state index in [4.69, 9.17) is 4.74 Å². The number of likely N-dealkylation sites (N-methyl/N-ethyl adjacent to an activating group) is 2. The van der Waals surface area contributed by atoms with E-state index in [1.165, 1.54) is 18.0 Å². The van der Waals surface area contributed by atoms with Crippen LogP contribution in [0.2, 0.25) is 0 Å². The van der Waals surface area contributed by atoms with E-state index < -0.39 is 28.5 Å². The summed E-state index contributed by atoms with van der Waals surface area (Å²) >= 11 is 0. The number of hydrogen-bond donors (Lipinski definition) is 1. The van der Waals surface area contributed by atoms with Gasteiger partial charge in [-0.2, -0.15) is 4.31 Å². The quantitative estimate of drug-likeness (QED) is 0.426. The van der Waals surface area contributed by atoms with Crippen LogP contribution in [0.5, 0.6) is 5.75 Å². The van der Waals surface area contributed by atoms with Gasteiger partial charge in [0.25, 0.3) is 0 Å². The zero-order valence-corrected chi connectivity index (χ0v) is 21.9. The summed E-state index contributed by atoms with van der Waals surface area (Å²) in [4.78, 5) is 27.9. The first-order valence-electron chi connectivity index (χ1n) is 11.9. The van der Waals surface area contributed by atoms with Crippen molar-refractivity contribution in [3.8, 4) is 5.75 Å². The molecule has 0 fully saturated rings. The standard InChI is InChI=1S/C27H33N3O5S/c1-5-25(27(32)28-6-2)30(18-20-10-9-13-23(16-20)35-4)26(31)19-29(3)36(33,34)24-15-14-21-11-7-8-12-22(21)17-24/h7-17,25H,5-6,18-19H2,1-4H3,(H,28,32). The maximum atomic E-state index is 13.5. The molecule has 0 aliphatic heterocycles. The van der Waals surface area contributed by atoms with Crippen molar-refractivity contribution in [2.45, 2.75) is 37.8 Å². The van der Waals surface area contributed by atoms with Crippen molar-refractivity contribution in [1.82, 2.24) is 14.5 Å². The molecule has 0 aromatic heterocycles. The van der Waals surface area contributed by atoms with Crippen LogP contribution in [0.4, 0.5) is 0 Å². The molecule has 192 valence electrons. The average Bonchev–Trinajstić information content (AvgIpc) is 2.88. The third kappa shape index (κ3) is 6.22. The lowest BCUT2D eigenvalue weighted by molar-refractivity contribution is -0.141. The molecule has 1 N–H and O–H groups in total. The maximum absolute atomic E-state index is 13.5. The van der Waals surface area contributed by atoms with E-state index in [1.54, 1.807) is 37.4 Å². The molecule has 2 amide bonds. The number of methoxy groups -OCH3 is 1. The summed E-state index contributed by atoms with van der Waals surface area (Å²) in [5.74, 6) is -0.124. The molecule has 36 heavy (non-hydrogen) atoms. The Morgan fingerprint density at radius 1 is 0.972 bits per heavy atom. The molecule has 3 aromatic rings. The minimum Gasteiger partial charge on any atom is -0.497 e. The molecule has 3 rings (SSSR count). The van der Waals surface area contributed by atoms with E-state index in [-0.39, 0.29) is 17.3 Å². The predicted molar refractivity (Wildman–Crippen MR) is 140 cm³/mol. The Balaban J connectivity index is 1.88. The van der Waals surface area contributed by atoms with Gasteiger partial charge in [-0.1, -0.05) is 49.4 Å². The van der Waals surface area contributed by atoms with Crippen molar-refractivity contribution >= 4 is 32.6 Å². The SMILES string of the molecule is CCNC(=O)C(CC)N(Cc1cccc(OC)c1)C(=O)CN(C)S(=O)(=O)c1ccc2ccccc2c1. The second-order valence-corrected chi connectivity index (χ2v) is 10.5. The predicted octanol–water partition coefficient (Wildman–Crippen LogP) is 3.41. The van der Waals surface area contributed by atoms with Crippen molar-refractivity contribution in [2.75, 3.05) is 27.2 Å². The molecule has 0 radical (unpaired) electrons. The average molecular weight is 512 g/mol. The highest BCUT2D eigenvalue weighted by Gasteiger charge is 2.31. The minimum absolute atomic E-state index is 0.103. The van der Waals surface area contributed by atoms with E-state index in [0.717, 1.165) is 20.6 Å². The summed E-state index contributed by atoms with van der Waals surface area (Å²) in [6, 6.07) is 18.8. The van der Waals surface area contributed by atoms with E-state index in [0.29, 0.717) is 18.7 Å². The van der Waals surface area contributed by atoms with Crippen LogP contribution in [0.1, 0.15) is 25.8 Å². The number of rotatable bonds is 11. The van der Waals surface area contributed by atoms with Crippen molar-refractivity contribution in [3.63, 3.8) is 0 Å². The minimum atomic E-state index is -3.94. The number of hydrogen-bond acceptors (Lipinski definition) is 5. The smallest absolute Gasteiger partial charge is 0.243 e. The first-order chi connectivity index (χ1) is 17.2. The highest BCUT2D eigenvalue weighted by atomic mass is 32.2. The number of fused-ring (bicyclic) bond motifs is 1. The van der Waals surface area contributed by atoms with Crippen LogP contribution >= 0.6 is 0 Å². The summed E-state index contributed by atoms with van der Waals surface area (Å²) in [6.07, 6.45) is 0.378. The van der Waals surface area contributed by atoms with Gasteiger partial charge in [-0.15, -0.1) is 0 Å². The number of amides is 2. The number of nitrogens with zero attached hydrogens (tertiary/aromatic N) is 2. The second kappa shape index (κ2) is 12.0. The zero-order valence-electron chi connectivity index (χ0n) is 21.1. The Labute approximate surface area is 212 Å². The van der Waals surface area contributed by atoms with Gasteiger partial charge < -0.3 is 15.0 Å². The highest BCUT2D eigenvalue weighted by Crippen LogP contribution is 2.22. The lowest BCUT2D eigenvalue weighted by Crippen LogP contribution is -2.51. The lowest BCUT2D eigenvalue weighted by Gasteiger charge is -2.32. The second-order valence-electron chi connectivity index (χ2n) is 8.46. The van der Waals surface area contributed by atoms with Gasteiger partial charge in [-0.3, -0.25) is 9.59 Å². The number of nitrogens with one attached hydrogen (secondary N) is 1. The Hall–Kier alpha value is -3.43. The Morgan fingerprint density at radius 2 is 1.69 bits per heavy atom. The van der Waals surface area contributed by atoms with Crippen molar-refractivity contribution in [1.29, 1.82) is 0 Å². The number of sulfonamides is 1. The molecule has 0 aliphatic carbocycles. The highest BCUT2D eigenvalue weighted by molar-refractivity contribution is 7.89. The van der Waals surface area contributed by atoms with Crippen LogP contribution in [0.3, 0.4) is 0 Å². The molecule has 0 saturated carbocycles. The lowest BCUT2D eigenvalue weighted by atomic mass is 10.1. The van der Waals surface area contributed by atoms with Crippen molar-refractivity contribution < 1.29 is 22.7 Å². The van der Waals surface area contributed by atoms with Crippen LogP contribution in [-0.4, -0.2) is 62.7 Å². The zero-order chi connectivity index (χ0) is 26.3. The number of benzene rings is 3. The van der Waals surface area contributed by atoms with Crippen molar-refractivity contribution in [2.24, 2.45) is 0 Å². The molecule has 0 heterocycles. The fourth-order valence-electron chi connectivity index (χ4n) is 4.05. The van der Waals surface area contributed by atoms with Crippen LogP contribution in [0, 0.1) is 0 Å². The van der Waals surface area contributed by atoms with Gasteiger partial charge in [0, 0.05) is 20.1 Å². The maximum Gasteiger partial charge on any atom is 0.243 e. The molecular formula is C27H33N3O5S. The van der Waals surface area contributed by atoms with Crippen LogP contribution < -0.4 is 10.1 Å². The Morgan fingerprint density at radius 3 is 2.36 bits per heavy atom. The summed E-state index contributed by atoms with van der Waals surface area (Å²) < 4.78 is 32.9. The molecule has 1 unspecified atom stereocenters. The van der Waals surface area contributed by atoms with E-state index in [1.807, 2.05) is 44.2 Å². The fourth-order valence-corrected chi connectivity index (χ4v) is 5.21. The monoisotopic (exact) mass is 511 g/mol. The van der Waals surface area contributed by atoms with Crippen LogP contribution in [-0.2, 0) is 26.2 Å². The van der Waals surface area contributed by atoms with Gasteiger partial charge in [0.05, 0.1) is 18.6 Å². The Bertz CT molecular complexity index is 1330. The first-order valence-corrected chi connectivity index (χ1v) is 13.3. The normalized spacial score (nSPS) is 12.4. The van der Waals surface area contributed by atoms with Crippen LogP contribution in [0.25, 0.3) is 10.8 Å². The molecule has 3 aromatic carbocycles. The fraction of sp³-hybridized carbons (Fsp3) is 0.333. The molecule has 0 aliphatic rings. The van der Waals surface area contributed by atoms with Gasteiger partial charge in [0.2, 0.25) is 21.8 Å². The molecule has 9 heteroatoms. The van der Waals surface area contributed by atoms with E-state index in [2.05, 4.69) is 5.32 Å². The Kier molecular flexibility index (Phi) is 9.06. The largest absolute Gasteiger partial charge is 0.497 e. The molecule has 0 saturated heterocycles. The first kappa shape index (κ1) is 27.2. The summed E-state index contributed by atoms with van der Waals surface area (Å²) in [6.45, 7) is 3.78. The topological polar surface area (TPSA) is 96.0 Å². The molecule has 1 atom stereocenters. The van der Waals surface area contributed by atoms with E-state index >= 15 is 0 Å². The number of carbonyl (C=O) groups excluding carboxylic acids is 2. The molecule has 0 bridgehead atoms. The number of ether oxygens (including phenoxy) is 1. The molecule has 8 nitrogen and oxygen atoms in total. The van der Waals surface area contributed by atoms with Gasteiger partial charge >= 0.3 is 0 Å². The van der Waals surface area contributed by atoms with Crippen molar-refractivity contribution in [3.05, 3.63) is 72.3 Å². The number of carbonyl (C=O) groups is 2.